The molecule has 0 radical (unpaired) electrons. The number of aliphatic hydroxyl groups is 5. The van der Waals surface area contributed by atoms with Crippen molar-refractivity contribution in [3.63, 3.8) is 0 Å². The number of hydrogen-bond donors (Lipinski definition) is 5. The maximum atomic E-state index is 11.4. The van der Waals surface area contributed by atoms with E-state index in [0.717, 1.165) is 0 Å². The van der Waals surface area contributed by atoms with Crippen LogP contribution in [0.5, 0.6) is 0 Å². The summed E-state index contributed by atoms with van der Waals surface area (Å²) >= 11 is 0. The van der Waals surface area contributed by atoms with Crippen molar-refractivity contribution in [2.75, 3.05) is 6.61 Å². The van der Waals surface area contributed by atoms with Crippen LogP contribution in [0.3, 0.4) is 0 Å². The zero-order chi connectivity index (χ0) is 20.6. The van der Waals surface area contributed by atoms with Crippen LogP contribution in [0.4, 0.5) is 0 Å². The van der Waals surface area contributed by atoms with Crippen molar-refractivity contribution in [1.82, 2.24) is 0 Å². The molecule has 0 spiro atoms. The van der Waals surface area contributed by atoms with E-state index in [1.807, 2.05) is 13.8 Å². The van der Waals surface area contributed by atoms with Gasteiger partial charge in [0.05, 0.1) is 18.3 Å². The van der Waals surface area contributed by atoms with Gasteiger partial charge >= 0.3 is 0 Å². The van der Waals surface area contributed by atoms with E-state index in [9.17, 15) is 30.3 Å². The third-order valence-corrected chi connectivity index (χ3v) is 5.22. The second-order valence-electron chi connectivity index (χ2n) is 8.27. The summed E-state index contributed by atoms with van der Waals surface area (Å²) in [5.74, 6) is -0.195. The van der Waals surface area contributed by atoms with Gasteiger partial charge in [-0.1, -0.05) is 13.8 Å². The van der Waals surface area contributed by atoms with Gasteiger partial charge in [-0.3, -0.25) is 4.79 Å². The zero-order valence-corrected chi connectivity index (χ0v) is 16.1. The number of rotatable bonds is 4. The number of hydrogen-bond acceptors (Lipinski definition) is 8. The average molecular weight is 386 g/mol. The Morgan fingerprint density at radius 3 is 2.37 bits per heavy atom. The fourth-order valence-electron chi connectivity index (χ4n) is 4.08. The second-order valence-corrected chi connectivity index (χ2v) is 8.27. The molecule has 8 heteroatoms. The highest BCUT2D eigenvalue weighted by Gasteiger charge is 2.51. The predicted molar refractivity (Wildman–Crippen MR) is 94.6 cm³/mol. The van der Waals surface area contributed by atoms with Crippen molar-refractivity contribution in [3.8, 4) is 0 Å². The Bertz CT molecular complexity index is 621. The zero-order valence-electron chi connectivity index (χ0n) is 16.1. The van der Waals surface area contributed by atoms with Crippen LogP contribution in [0.2, 0.25) is 0 Å². The summed E-state index contributed by atoms with van der Waals surface area (Å²) in [7, 11) is 0. The largest absolute Gasteiger partial charge is 0.394 e. The van der Waals surface area contributed by atoms with Gasteiger partial charge in [0.1, 0.15) is 24.4 Å². The van der Waals surface area contributed by atoms with E-state index in [-0.39, 0.29) is 12.2 Å². The highest BCUT2D eigenvalue weighted by Crippen LogP contribution is 2.48. The van der Waals surface area contributed by atoms with E-state index in [1.54, 1.807) is 6.92 Å². The van der Waals surface area contributed by atoms with Crippen molar-refractivity contribution in [3.05, 3.63) is 17.4 Å². The average Bonchev–Trinajstić information content (AvgIpc) is 2.53. The summed E-state index contributed by atoms with van der Waals surface area (Å²) in [6.45, 7) is 6.30. The maximum absolute atomic E-state index is 11.4. The Hall–Kier alpha value is -1.09. The number of ether oxygens (including phenoxy) is 2. The normalized spacial score (nSPS) is 41.7. The molecule has 5 N–H and O–H groups in total. The molecule has 2 aliphatic rings. The fourth-order valence-corrected chi connectivity index (χ4v) is 4.08. The van der Waals surface area contributed by atoms with Crippen LogP contribution in [0.15, 0.2) is 17.4 Å². The van der Waals surface area contributed by atoms with E-state index < -0.39 is 54.4 Å². The number of aliphatic hydroxyl groups excluding tert-OH is 5. The highest BCUT2D eigenvalue weighted by molar-refractivity contribution is 5.87. The Kier molecular flexibility index (Phi) is 6.67. The summed E-state index contributed by atoms with van der Waals surface area (Å²) < 4.78 is 11.4. The topological polar surface area (TPSA) is 137 Å². The fraction of sp³-hybridized carbons (Fsp3) is 0.789. The minimum absolute atomic E-state index is 0.166. The van der Waals surface area contributed by atoms with Gasteiger partial charge in [0.25, 0.3) is 0 Å². The van der Waals surface area contributed by atoms with E-state index in [0.29, 0.717) is 12.0 Å². The number of carbonyl (C=O) groups excluding carboxylic acids is 1. The molecule has 2 fully saturated rings. The van der Waals surface area contributed by atoms with Crippen LogP contribution in [-0.2, 0) is 14.3 Å². The van der Waals surface area contributed by atoms with Gasteiger partial charge in [-0.05, 0) is 25.7 Å². The Morgan fingerprint density at radius 2 is 1.81 bits per heavy atom. The summed E-state index contributed by atoms with van der Waals surface area (Å²) in [5, 5.41) is 49.8. The molecule has 0 amide bonds. The van der Waals surface area contributed by atoms with Crippen LogP contribution in [-0.4, -0.2) is 80.3 Å². The van der Waals surface area contributed by atoms with E-state index in [1.165, 1.54) is 13.0 Å². The smallest absolute Gasteiger partial charge is 0.187 e. The minimum Gasteiger partial charge on any atom is -0.394 e. The van der Waals surface area contributed by atoms with Crippen LogP contribution >= 0.6 is 0 Å². The number of ketones is 1. The lowest BCUT2D eigenvalue weighted by Gasteiger charge is -2.49. The van der Waals surface area contributed by atoms with E-state index in [2.05, 4.69) is 5.73 Å². The molecule has 0 aromatic rings. The van der Waals surface area contributed by atoms with Crippen LogP contribution in [0.25, 0.3) is 0 Å². The van der Waals surface area contributed by atoms with Crippen molar-refractivity contribution in [1.29, 1.82) is 0 Å². The summed E-state index contributed by atoms with van der Waals surface area (Å²) in [4.78, 5) is 11.4. The molecule has 1 saturated heterocycles. The first-order valence-corrected chi connectivity index (χ1v) is 9.06. The first kappa shape index (κ1) is 22.2. The van der Waals surface area contributed by atoms with Gasteiger partial charge in [-0.25, -0.2) is 0 Å². The highest BCUT2D eigenvalue weighted by atomic mass is 16.7. The minimum atomic E-state index is -1.56. The molecule has 1 aliphatic carbocycles. The number of carbonyl (C=O) groups is 1. The Balaban J connectivity index is 2.40. The third kappa shape index (κ3) is 4.67. The lowest BCUT2D eigenvalue weighted by molar-refractivity contribution is -0.325. The lowest BCUT2D eigenvalue weighted by atomic mass is 9.65. The summed E-state index contributed by atoms with van der Waals surface area (Å²) in [6.07, 6.45) is -5.85. The Morgan fingerprint density at radius 1 is 1.19 bits per heavy atom. The Labute approximate surface area is 158 Å². The summed E-state index contributed by atoms with van der Waals surface area (Å²) in [6, 6.07) is 0. The van der Waals surface area contributed by atoms with Crippen molar-refractivity contribution in [2.45, 2.75) is 82.9 Å². The van der Waals surface area contributed by atoms with Gasteiger partial charge in [-0.15, -0.1) is 5.73 Å². The first-order chi connectivity index (χ1) is 12.4. The molecule has 0 aromatic carbocycles. The molecule has 154 valence electrons. The van der Waals surface area contributed by atoms with Gasteiger partial charge in [0.2, 0.25) is 0 Å². The van der Waals surface area contributed by atoms with Gasteiger partial charge in [0.15, 0.2) is 12.1 Å². The molecule has 1 heterocycles. The molecule has 7 unspecified atom stereocenters. The second kappa shape index (κ2) is 8.11. The molecule has 2 rings (SSSR count). The van der Waals surface area contributed by atoms with Crippen molar-refractivity contribution in [2.24, 2.45) is 5.41 Å². The third-order valence-electron chi connectivity index (χ3n) is 5.22. The standard InChI is InChI=1S/C19H30O8/c1-10(21)5-6-13-18(2,3)7-11(22)8-19(13,4)27-17-16(25)15(24)14(23)12(9-20)26-17/h5,11-12,14-17,20,22-25H,7-9H2,1-4H3. The summed E-state index contributed by atoms with van der Waals surface area (Å²) in [5.41, 5.74) is 1.90. The van der Waals surface area contributed by atoms with Crippen molar-refractivity contribution < 1.29 is 39.8 Å². The predicted octanol–water partition coefficient (Wildman–Crippen LogP) is -0.587. The molecule has 0 bridgehead atoms. The van der Waals surface area contributed by atoms with Crippen LogP contribution in [0, 0.1) is 5.41 Å². The van der Waals surface area contributed by atoms with Gasteiger partial charge < -0.3 is 35.0 Å². The molecular weight excluding hydrogens is 356 g/mol. The first-order valence-electron chi connectivity index (χ1n) is 9.06. The van der Waals surface area contributed by atoms with Crippen molar-refractivity contribution >= 4 is 5.78 Å². The molecule has 0 aromatic heterocycles. The molecule has 7 atom stereocenters. The molecule has 27 heavy (non-hydrogen) atoms. The lowest BCUT2D eigenvalue weighted by Crippen LogP contribution is -2.61. The van der Waals surface area contributed by atoms with Gasteiger partial charge in [-0.2, -0.15) is 0 Å². The van der Waals surface area contributed by atoms with Gasteiger partial charge in [0, 0.05) is 18.1 Å². The SMILES string of the molecule is CC(=O)C=C=C1C(C)(C)CC(O)CC1(C)OC1OC(CO)C(O)C(O)C1O. The van der Waals surface area contributed by atoms with E-state index in [4.69, 9.17) is 9.47 Å². The molecular formula is C19H30O8. The van der Waals surface area contributed by atoms with Crippen LogP contribution in [0.1, 0.15) is 40.5 Å². The van der Waals surface area contributed by atoms with Crippen LogP contribution < -0.4 is 0 Å². The molecule has 8 nitrogen and oxygen atoms in total. The maximum Gasteiger partial charge on any atom is 0.187 e. The molecule has 1 aliphatic heterocycles. The molecule has 1 saturated carbocycles. The monoisotopic (exact) mass is 386 g/mol. The van der Waals surface area contributed by atoms with E-state index >= 15 is 0 Å². The quantitative estimate of drug-likeness (QED) is 0.320.